The van der Waals surface area contributed by atoms with Crippen LogP contribution in [0.4, 0.5) is 4.79 Å². The second-order valence-corrected chi connectivity index (χ2v) is 4.46. The van der Waals surface area contributed by atoms with Crippen LogP contribution in [-0.4, -0.2) is 31.9 Å². The Kier molecular flexibility index (Phi) is 5.25. The third-order valence-electron chi connectivity index (χ3n) is 2.78. The molecule has 3 amide bonds. The van der Waals surface area contributed by atoms with Crippen molar-refractivity contribution >= 4 is 11.9 Å². The number of nitrogens with one attached hydrogen (secondary N) is 2. The van der Waals surface area contributed by atoms with Gasteiger partial charge in [0.1, 0.15) is 5.75 Å². The smallest absolute Gasteiger partial charge is 0.321 e. The number of carbonyl (C=O) groups excluding carboxylic acids is 2. The van der Waals surface area contributed by atoms with Crippen molar-refractivity contribution in [1.29, 1.82) is 0 Å². The van der Waals surface area contributed by atoms with Crippen LogP contribution < -0.4 is 24.8 Å². The highest BCUT2D eigenvalue weighted by Crippen LogP contribution is 2.34. The number of amides is 3. The summed E-state index contributed by atoms with van der Waals surface area (Å²) in [6, 6.07) is 4.49. The summed E-state index contributed by atoms with van der Waals surface area (Å²) in [5, 5.41) is 4.78. The topological polar surface area (TPSA) is 85.9 Å². The molecule has 0 fully saturated rings. The van der Waals surface area contributed by atoms with Crippen LogP contribution in [-0.2, 0) is 4.79 Å². The number of carbonyl (C=O) groups is 2. The molecule has 21 heavy (non-hydrogen) atoms. The summed E-state index contributed by atoms with van der Waals surface area (Å²) in [6.45, 7) is 2.49. The molecule has 0 saturated carbocycles. The zero-order chi connectivity index (χ0) is 15.1. The van der Waals surface area contributed by atoms with Gasteiger partial charge in [0.15, 0.2) is 18.1 Å². The highest BCUT2D eigenvalue weighted by Gasteiger charge is 2.14. The molecule has 7 nitrogen and oxygen atoms in total. The monoisotopic (exact) mass is 294 g/mol. The van der Waals surface area contributed by atoms with E-state index in [1.54, 1.807) is 18.2 Å². The average Bonchev–Trinajstić information content (AvgIpc) is 2.93. The summed E-state index contributed by atoms with van der Waals surface area (Å²) in [7, 11) is 0. The molecular weight excluding hydrogens is 276 g/mol. The van der Waals surface area contributed by atoms with E-state index >= 15 is 0 Å². The first-order valence-electron chi connectivity index (χ1n) is 6.79. The van der Waals surface area contributed by atoms with Gasteiger partial charge in [0.25, 0.3) is 5.91 Å². The first-order valence-corrected chi connectivity index (χ1v) is 6.79. The van der Waals surface area contributed by atoms with E-state index in [0.29, 0.717) is 23.8 Å². The molecule has 1 aromatic rings. The molecule has 1 aliphatic rings. The minimum atomic E-state index is -0.512. The fourth-order valence-corrected chi connectivity index (χ4v) is 1.70. The van der Waals surface area contributed by atoms with Crippen molar-refractivity contribution in [3.05, 3.63) is 18.2 Å². The standard InChI is InChI=1S/C14H18N2O5/c1-2-3-6-15-14(18)16-13(17)8-19-10-4-5-11-12(7-10)21-9-20-11/h4-5,7H,2-3,6,8-9H2,1H3,(H2,15,16,17,18). The molecule has 114 valence electrons. The number of ether oxygens (including phenoxy) is 3. The molecule has 1 aliphatic heterocycles. The van der Waals surface area contributed by atoms with Crippen molar-refractivity contribution in [2.24, 2.45) is 0 Å². The molecule has 0 aromatic heterocycles. The van der Waals surface area contributed by atoms with Gasteiger partial charge in [-0.1, -0.05) is 13.3 Å². The van der Waals surface area contributed by atoms with Crippen LogP contribution in [0, 0.1) is 0 Å². The third-order valence-corrected chi connectivity index (χ3v) is 2.78. The van der Waals surface area contributed by atoms with Crippen molar-refractivity contribution in [3.63, 3.8) is 0 Å². The third kappa shape index (κ3) is 4.55. The Balaban J connectivity index is 1.72. The Labute approximate surface area is 122 Å². The number of hydrogen-bond acceptors (Lipinski definition) is 5. The Bertz CT molecular complexity index is 518. The molecule has 0 spiro atoms. The van der Waals surface area contributed by atoms with E-state index in [1.165, 1.54) is 0 Å². The van der Waals surface area contributed by atoms with E-state index in [1.807, 2.05) is 6.92 Å². The highest BCUT2D eigenvalue weighted by molar-refractivity contribution is 5.94. The molecule has 1 heterocycles. The lowest BCUT2D eigenvalue weighted by Gasteiger charge is -2.08. The summed E-state index contributed by atoms with van der Waals surface area (Å²) < 4.78 is 15.7. The number of unbranched alkanes of at least 4 members (excludes halogenated alkanes) is 1. The molecule has 1 aromatic carbocycles. The summed E-state index contributed by atoms with van der Waals surface area (Å²) in [4.78, 5) is 22.9. The van der Waals surface area contributed by atoms with Crippen LogP contribution in [0.2, 0.25) is 0 Å². The first kappa shape index (κ1) is 15.0. The van der Waals surface area contributed by atoms with E-state index in [9.17, 15) is 9.59 Å². The lowest BCUT2D eigenvalue weighted by atomic mass is 10.3. The number of rotatable bonds is 6. The molecular formula is C14H18N2O5. The first-order chi connectivity index (χ1) is 10.2. The zero-order valence-corrected chi connectivity index (χ0v) is 11.8. The van der Waals surface area contributed by atoms with Crippen molar-refractivity contribution in [1.82, 2.24) is 10.6 Å². The van der Waals surface area contributed by atoms with Gasteiger partial charge in [-0.2, -0.15) is 0 Å². The van der Waals surface area contributed by atoms with Crippen LogP contribution >= 0.6 is 0 Å². The normalized spacial score (nSPS) is 11.9. The highest BCUT2D eigenvalue weighted by atomic mass is 16.7. The van der Waals surface area contributed by atoms with Crippen molar-refractivity contribution in [3.8, 4) is 17.2 Å². The molecule has 0 unspecified atom stereocenters. The molecule has 0 aliphatic carbocycles. The van der Waals surface area contributed by atoms with Crippen molar-refractivity contribution < 1.29 is 23.8 Å². The quantitative estimate of drug-likeness (QED) is 0.775. The molecule has 7 heteroatoms. The van der Waals surface area contributed by atoms with Gasteiger partial charge in [-0.25, -0.2) is 4.79 Å². The van der Waals surface area contributed by atoms with Gasteiger partial charge in [0.2, 0.25) is 6.79 Å². The number of hydrogen-bond donors (Lipinski definition) is 2. The van der Waals surface area contributed by atoms with E-state index in [-0.39, 0.29) is 13.4 Å². The molecule has 0 bridgehead atoms. The number of urea groups is 1. The van der Waals surface area contributed by atoms with E-state index in [0.717, 1.165) is 12.8 Å². The largest absolute Gasteiger partial charge is 0.484 e. The molecule has 0 saturated heterocycles. The molecule has 2 N–H and O–H groups in total. The number of benzene rings is 1. The summed E-state index contributed by atoms with van der Waals surface area (Å²) in [5.41, 5.74) is 0. The minimum Gasteiger partial charge on any atom is -0.484 e. The van der Waals surface area contributed by atoms with Crippen LogP contribution in [0.3, 0.4) is 0 Å². The van der Waals surface area contributed by atoms with Gasteiger partial charge in [-0.15, -0.1) is 0 Å². The summed E-state index contributed by atoms with van der Waals surface area (Å²) in [6.07, 6.45) is 1.84. The Morgan fingerprint density at radius 3 is 2.90 bits per heavy atom. The lowest BCUT2D eigenvalue weighted by Crippen LogP contribution is -2.41. The van der Waals surface area contributed by atoms with Gasteiger partial charge >= 0.3 is 6.03 Å². The Hall–Kier alpha value is -2.44. The second-order valence-electron chi connectivity index (χ2n) is 4.46. The van der Waals surface area contributed by atoms with E-state index in [4.69, 9.17) is 14.2 Å². The van der Waals surface area contributed by atoms with Gasteiger partial charge in [-0.3, -0.25) is 10.1 Å². The Morgan fingerprint density at radius 2 is 2.10 bits per heavy atom. The maximum absolute atomic E-state index is 11.5. The lowest BCUT2D eigenvalue weighted by molar-refractivity contribution is -0.122. The van der Waals surface area contributed by atoms with Crippen LogP contribution in [0.5, 0.6) is 17.2 Å². The molecule has 2 rings (SSSR count). The summed E-state index contributed by atoms with van der Waals surface area (Å²) >= 11 is 0. The van der Waals surface area contributed by atoms with E-state index in [2.05, 4.69) is 10.6 Å². The fourth-order valence-electron chi connectivity index (χ4n) is 1.70. The van der Waals surface area contributed by atoms with Gasteiger partial charge in [0.05, 0.1) is 0 Å². The maximum atomic E-state index is 11.5. The van der Waals surface area contributed by atoms with Crippen LogP contribution in [0.1, 0.15) is 19.8 Å². The van der Waals surface area contributed by atoms with Crippen molar-refractivity contribution in [2.45, 2.75) is 19.8 Å². The second kappa shape index (κ2) is 7.37. The van der Waals surface area contributed by atoms with Crippen molar-refractivity contribution in [2.75, 3.05) is 19.9 Å². The van der Waals surface area contributed by atoms with Gasteiger partial charge in [0, 0.05) is 12.6 Å². The zero-order valence-electron chi connectivity index (χ0n) is 11.8. The van der Waals surface area contributed by atoms with E-state index < -0.39 is 11.9 Å². The average molecular weight is 294 g/mol. The molecule has 0 radical (unpaired) electrons. The number of fused-ring (bicyclic) bond motifs is 1. The Morgan fingerprint density at radius 1 is 1.29 bits per heavy atom. The predicted octanol–water partition coefficient (Wildman–Crippen LogP) is 1.42. The predicted molar refractivity (Wildman–Crippen MR) is 74.5 cm³/mol. The summed E-state index contributed by atoms with van der Waals surface area (Å²) in [5.74, 6) is 1.18. The maximum Gasteiger partial charge on any atom is 0.321 e. The molecule has 0 atom stereocenters. The van der Waals surface area contributed by atoms with Gasteiger partial charge < -0.3 is 19.5 Å². The fraction of sp³-hybridized carbons (Fsp3) is 0.429. The SMILES string of the molecule is CCCCNC(=O)NC(=O)COc1ccc2c(c1)OCO2. The number of imide groups is 1. The minimum absolute atomic E-state index is 0.178. The van der Waals surface area contributed by atoms with Gasteiger partial charge in [-0.05, 0) is 18.6 Å². The van der Waals surface area contributed by atoms with Crippen LogP contribution in [0.15, 0.2) is 18.2 Å². The van der Waals surface area contributed by atoms with Crippen LogP contribution in [0.25, 0.3) is 0 Å².